The van der Waals surface area contributed by atoms with Gasteiger partial charge in [-0.2, -0.15) is 0 Å². The van der Waals surface area contributed by atoms with Crippen LogP contribution in [0.25, 0.3) is 0 Å². The van der Waals surface area contributed by atoms with Gasteiger partial charge in [0.15, 0.2) is 5.96 Å². The highest BCUT2D eigenvalue weighted by molar-refractivity contribution is 14.0. The van der Waals surface area contributed by atoms with Crippen molar-refractivity contribution in [3.8, 4) is 0 Å². The molecule has 0 bridgehead atoms. The quantitative estimate of drug-likeness (QED) is 0.451. The van der Waals surface area contributed by atoms with Gasteiger partial charge in [0.05, 0.1) is 6.54 Å². The van der Waals surface area contributed by atoms with Crippen molar-refractivity contribution < 1.29 is 4.39 Å². The second-order valence-corrected chi connectivity index (χ2v) is 4.28. The number of halogens is 3. The number of rotatable bonds is 4. The average Bonchev–Trinajstić information content (AvgIpc) is 2.27. The molecular formula is C11H16BrFIN3. The molecule has 17 heavy (non-hydrogen) atoms. The molecule has 0 radical (unpaired) electrons. The Morgan fingerprint density at radius 2 is 2.24 bits per heavy atom. The Bertz CT molecular complexity index is 385. The van der Waals surface area contributed by atoms with E-state index in [1.54, 1.807) is 12.1 Å². The molecule has 0 aliphatic heterocycles. The summed E-state index contributed by atoms with van der Waals surface area (Å²) < 4.78 is 14.2. The van der Waals surface area contributed by atoms with E-state index in [-0.39, 0.29) is 36.3 Å². The fourth-order valence-corrected chi connectivity index (χ4v) is 1.55. The van der Waals surface area contributed by atoms with Gasteiger partial charge in [-0.3, -0.25) is 0 Å². The average molecular weight is 416 g/mol. The normalized spacial score (nSPS) is 10.9. The molecule has 0 aliphatic carbocycles. The minimum atomic E-state index is -0.268. The molecule has 0 saturated heterocycles. The summed E-state index contributed by atoms with van der Waals surface area (Å²) in [5, 5.41) is 2.93. The number of hydrogen-bond donors (Lipinski definition) is 2. The van der Waals surface area contributed by atoms with Crippen LogP contribution in [0.5, 0.6) is 0 Å². The van der Waals surface area contributed by atoms with Crippen molar-refractivity contribution in [3.05, 3.63) is 34.1 Å². The van der Waals surface area contributed by atoms with E-state index in [9.17, 15) is 4.39 Å². The zero-order chi connectivity index (χ0) is 12.0. The third-order valence-electron chi connectivity index (χ3n) is 1.98. The lowest BCUT2D eigenvalue weighted by molar-refractivity contribution is 0.610. The van der Waals surface area contributed by atoms with Gasteiger partial charge in [-0.25, -0.2) is 9.38 Å². The van der Waals surface area contributed by atoms with E-state index in [0.717, 1.165) is 17.4 Å². The van der Waals surface area contributed by atoms with Gasteiger partial charge in [0.2, 0.25) is 0 Å². The van der Waals surface area contributed by atoms with Crippen LogP contribution in [-0.2, 0) is 6.54 Å². The summed E-state index contributed by atoms with van der Waals surface area (Å²) in [5.41, 5.74) is 6.12. The third kappa shape index (κ3) is 6.21. The monoisotopic (exact) mass is 415 g/mol. The molecule has 0 aliphatic rings. The number of hydrogen-bond acceptors (Lipinski definition) is 1. The molecule has 0 spiro atoms. The van der Waals surface area contributed by atoms with Gasteiger partial charge in [-0.15, -0.1) is 24.0 Å². The van der Waals surface area contributed by atoms with Crippen LogP contribution in [0.3, 0.4) is 0 Å². The minimum Gasteiger partial charge on any atom is -0.370 e. The van der Waals surface area contributed by atoms with Gasteiger partial charge in [0, 0.05) is 16.6 Å². The van der Waals surface area contributed by atoms with Crippen LogP contribution < -0.4 is 11.1 Å². The fraction of sp³-hybridized carbons (Fsp3) is 0.364. The Balaban J connectivity index is 0.00000256. The van der Waals surface area contributed by atoms with E-state index in [4.69, 9.17) is 5.73 Å². The molecule has 1 aromatic carbocycles. The number of aliphatic imine (C=N–C) groups is 1. The van der Waals surface area contributed by atoms with Gasteiger partial charge >= 0.3 is 0 Å². The first kappa shape index (κ1) is 16.6. The molecule has 96 valence electrons. The highest BCUT2D eigenvalue weighted by Crippen LogP contribution is 2.16. The lowest BCUT2D eigenvalue weighted by Gasteiger charge is -2.04. The number of nitrogens with zero attached hydrogens (tertiary/aromatic N) is 1. The Morgan fingerprint density at radius 3 is 2.88 bits per heavy atom. The van der Waals surface area contributed by atoms with Crippen LogP contribution in [0.15, 0.2) is 27.7 Å². The number of benzene rings is 1. The van der Waals surface area contributed by atoms with Gasteiger partial charge in [-0.1, -0.05) is 22.9 Å². The van der Waals surface area contributed by atoms with Crippen molar-refractivity contribution in [2.75, 3.05) is 6.54 Å². The molecule has 3 N–H and O–H groups in total. The summed E-state index contributed by atoms with van der Waals surface area (Å²) in [4.78, 5) is 4.06. The van der Waals surface area contributed by atoms with E-state index in [0.29, 0.717) is 11.5 Å². The molecule has 0 heterocycles. The summed E-state index contributed by atoms with van der Waals surface area (Å²) in [6.45, 7) is 3.05. The molecule has 1 rings (SSSR count). The summed E-state index contributed by atoms with van der Waals surface area (Å²) >= 11 is 3.28. The maximum absolute atomic E-state index is 13.3. The van der Waals surface area contributed by atoms with Crippen LogP contribution in [-0.4, -0.2) is 12.5 Å². The minimum absolute atomic E-state index is 0. The van der Waals surface area contributed by atoms with Crippen LogP contribution >= 0.6 is 39.9 Å². The number of nitrogens with one attached hydrogen (secondary N) is 1. The first-order valence-electron chi connectivity index (χ1n) is 5.11. The maximum atomic E-state index is 13.3. The van der Waals surface area contributed by atoms with Crippen molar-refractivity contribution in [1.29, 1.82) is 0 Å². The SMILES string of the molecule is CCCNC(N)=NCc1cc(Br)ccc1F.I. The zero-order valence-electron chi connectivity index (χ0n) is 9.54. The summed E-state index contributed by atoms with van der Waals surface area (Å²) in [6.07, 6.45) is 0.974. The third-order valence-corrected chi connectivity index (χ3v) is 2.48. The largest absolute Gasteiger partial charge is 0.370 e. The molecule has 6 heteroatoms. The Morgan fingerprint density at radius 1 is 1.53 bits per heavy atom. The van der Waals surface area contributed by atoms with Gasteiger partial charge in [-0.05, 0) is 24.6 Å². The molecule has 0 aromatic heterocycles. The molecule has 0 unspecified atom stereocenters. The highest BCUT2D eigenvalue weighted by atomic mass is 127. The van der Waals surface area contributed by atoms with E-state index in [2.05, 4.69) is 26.2 Å². The Labute approximate surface area is 126 Å². The van der Waals surface area contributed by atoms with Crippen LogP contribution in [0.1, 0.15) is 18.9 Å². The molecule has 0 atom stereocenters. The predicted octanol–water partition coefficient (Wildman–Crippen LogP) is 3.02. The zero-order valence-corrected chi connectivity index (χ0v) is 13.5. The number of nitrogens with two attached hydrogens (primary N) is 1. The van der Waals surface area contributed by atoms with E-state index in [1.165, 1.54) is 6.07 Å². The van der Waals surface area contributed by atoms with E-state index in [1.807, 2.05) is 6.92 Å². The summed E-state index contributed by atoms with van der Waals surface area (Å²) in [7, 11) is 0. The smallest absolute Gasteiger partial charge is 0.188 e. The van der Waals surface area contributed by atoms with Gasteiger partial charge < -0.3 is 11.1 Å². The fourth-order valence-electron chi connectivity index (χ4n) is 1.14. The Hall–Kier alpha value is -0.370. The first-order chi connectivity index (χ1) is 7.63. The summed E-state index contributed by atoms with van der Waals surface area (Å²) in [6, 6.07) is 4.76. The molecule has 0 amide bonds. The molecule has 0 fully saturated rings. The van der Waals surface area contributed by atoms with E-state index >= 15 is 0 Å². The summed E-state index contributed by atoms with van der Waals surface area (Å²) in [5.74, 6) is 0.0801. The second kappa shape index (κ2) is 8.68. The Kier molecular flexibility index (Phi) is 8.49. The lowest BCUT2D eigenvalue weighted by atomic mass is 10.2. The number of guanidine groups is 1. The lowest BCUT2D eigenvalue weighted by Crippen LogP contribution is -2.32. The van der Waals surface area contributed by atoms with Gasteiger partial charge in [0.1, 0.15) is 5.82 Å². The predicted molar refractivity (Wildman–Crippen MR) is 83.1 cm³/mol. The maximum Gasteiger partial charge on any atom is 0.188 e. The standard InChI is InChI=1S/C11H15BrFN3.HI/c1-2-5-15-11(14)16-7-8-6-9(12)3-4-10(8)13;/h3-4,6H,2,5,7H2,1H3,(H3,14,15,16);1H. The van der Waals surface area contributed by atoms with Crippen molar-refractivity contribution in [2.45, 2.75) is 19.9 Å². The molecule has 0 saturated carbocycles. The van der Waals surface area contributed by atoms with Crippen molar-refractivity contribution >= 4 is 45.9 Å². The van der Waals surface area contributed by atoms with Crippen molar-refractivity contribution in [1.82, 2.24) is 5.32 Å². The molecule has 3 nitrogen and oxygen atoms in total. The first-order valence-corrected chi connectivity index (χ1v) is 5.90. The molecular weight excluding hydrogens is 400 g/mol. The van der Waals surface area contributed by atoms with Gasteiger partial charge in [0.25, 0.3) is 0 Å². The van der Waals surface area contributed by atoms with E-state index < -0.39 is 0 Å². The van der Waals surface area contributed by atoms with Crippen molar-refractivity contribution in [2.24, 2.45) is 10.7 Å². The topological polar surface area (TPSA) is 50.4 Å². The van der Waals surface area contributed by atoms with Crippen LogP contribution in [0.2, 0.25) is 0 Å². The second-order valence-electron chi connectivity index (χ2n) is 3.36. The van der Waals surface area contributed by atoms with Crippen LogP contribution in [0.4, 0.5) is 4.39 Å². The van der Waals surface area contributed by atoms with Crippen molar-refractivity contribution in [3.63, 3.8) is 0 Å². The highest BCUT2D eigenvalue weighted by Gasteiger charge is 2.01. The van der Waals surface area contributed by atoms with Crippen LogP contribution in [0, 0.1) is 5.82 Å². The molecule has 1 aromatic rings.